The summed E-state index contributed by atoms with van der Waals surface area (Å²) in [6.07, 6.45) is 1.49. The van der Waals surface area contributed by atoms with Gasteiger partial charge in [0.25, 0.3) is 0 Å². The highest BCUT2D eigenvalue weighted by Gasteiger charge is 2.15. The molecule has 0 saturated carbocycles. The second-order valence-electron chi connectivity index (χ2n) is 5.71. The Kier molecular flexibility index (Phi) is 8.11. The Morgan fingerprint density at radius 1 is 1.17 bits per heavy atom. The molecule has 1 unspecified atom stereocenters. The lowest BCUT2D eigenvalue weighted by Crippen LogP contribution is -2.40. The molecule has 0 fully saturated rings. The number of likely N-dealkylation sites (N-methyl/N-ethyl adjacent to an activating group) is 1. The molecule has 2 amide bonds. The largest absolute Gasteiger partial charge is 0.481 e. The molecule has 6 nitrogen and oxygen atoms in total. The summed E-state index contributed by atoms with van der Waals surface area (Å²) in [5.41, 5.74) is 2.44. The summed E-state index contributed by atoms with van der Waals surface area (Å²) in [5, 5.41) is 14.1. The van der Waals surface area contributed by atoms with Crippen LogP contribution in [0.3, 0.4) is 0 Å². The molecule has 1 aromatic rings. The Bertz CT molecular complexity index is 500. The highest BCUT2D eigenvalue weighted by Crippen LogP contribution is 2.18. The molecule has 0 aliphatic rings. The first kappa shape index (κ1) is 19.0. The number of carboxylic acid groups (broad SMARTS) is 1. The van der Waals surface area contributed by atoms with E-state index in [0.29, 0.717) is 19.5 Å². The van der Waals surface area contributed by atoms with Crippen molar-refractivity contribution >= 4 is 12.0 Å². The lowest BCUT2D eigenvalue weighted by atomic mass is 10.0. The van der Waals surface area contributed by atoms with Crippen molar-refractivity contribution in [3.05, 3.63) is 35.4 Å². The van der Waals surface area contributed by atoms with Crippen LogP contribution >= 0.6 is 0 Å². The van der Waals surface area contributed by atoms with Crippen molar-refractivity contribution in [1.82, 2.24) is 15.5 Å². The van der Waals surface area contributed by atoms with Gasteiger partial charge in [-0.25, -0.2) is 4.79 Å². The van der Waals surface area contributed by atoms with Gasteiger partial charge in [0, 0.05) is 19.5 Å². The Hall–Kier alpha value is -2.08. The zero-order valence-corrected chi connectivity index (χ0v) is 14.1. The molecule has 0 radical (unpaired) electrons. The van der Waals surface area contributed by atoms with Gasteiger partial charge in [-0.3, -0.25) is 4.79 Å². The van der Waals surface area contributed by atoms with Crippen LogP contribution in [0.25, 0.3) is 0 Å². The van der Waals surface area contributed by atoms with Crippen molar-refractivity contribution in [2.45, 2.75) is 32.2 Å². The maximum Gasteiger partial charge on any atom is 0.314 e. The van der Waals surface area contributed by atoms with E-state index in [4.69, 9.17) is 5.11 Å². The summed E-state index contributed by atoms with van der Waals surface area (Å²) in [6.45, 7) is 2.97. The summed E-state index contributed by atoms with van der Waals surface area (Å²) in [4.78, 5) is 24.2. The number of nitrogens with zero attached hydrogens (tertiary/aromatic N) is 1. The third kappa shape index (κ3) is 7.15. The van der Waals surface area contributed by atoms with E-state index >= 15 is 0 Å². The fourth-order valence-corrected chi connectivity index (χ4v) is 2.27. The average molecular weight is 321 g/mol. The summed E-state index contributed by atoms with van der Waals surface area (Å²) >= 11 is 0. The van der Waals surface area contributed by atoms with E-state index in [0.717, 1.165) is 12.0 Å². The van der Waals surface area contributed by atoms with E-state index in [-0.39, 0.29) is 18.5 Å². The van der Waals surface area contributed by atoms with Gasteiger partial charge >= 0.3 is 12.0 Å². The van der Waals surface area contributed by atoms with Crippen LogP contribution in [0.4, 0.5) is 4.79 Å². The second kappa shape index (κ2) is 9.84. The van der Waals surface area contributed by atoms with E-state index in [9.17, 15) is 9.59 Å². The number of amides is 2. The van der Waals surface area contributed by atoms with Gasteiger partial charge in [0.15, 0.2) is 0 Å². The predicted molar refractivity (Wildman–Crippen MR) is 90.5 cm³/mol. The lowest BCUT2D eigenvalue weighted by molar-refractivity contribution is -0.137. The van der Waals surface area contributed by atoms with Gasteiger partial charge < -0.3 is 20.6 Å². The van der Waals surface area contributed by atoms with E-state index < -0.39 is 5.97 Å². The van der Waals surface area contributed by atoms with Crippen LogP contribution in [0.5, 0.6) is 0 Å². The zero-order valence-electron chi connectivity index (χ0n) is 14.1. The number of aliphatic carboxylic acids is 1. The minimum Gasteiger partial charge on any atom is -0.481 e. The summed E-state index contributed by atoms with van der Waals surface area (Å²) < 4.78 is 0. The minimum absolute atomic E-state index is 0.0599. The molecule has 6 heteroatoms. The number of benzene rings is 1. The Labute approximate surface area is 137 Å². The molecule has 1 aromatic carbocycles. The number of rotatable bonds is 9. The summed E-state index contributed by atoms with van der Waals surface area (Å²) in [5.74, 6) is -0.851. The fraction of sp³-hybridized carbons (Fsp3) is 0.529. The topological polar surface area (TPSA) is 81.7 Å². The monoisotopic (exact) mass is 321 g/mol. The average Bonchev–Trinajstić information content (AvgIpc) is 2.52. The quantitative estimate of drug-likeness (QED) is 0.608. The third-order valence-electron chi connectivity index (χ3n) is 3.71. The van der Waals surface area contributed by atoms with Gasteiger partial charge in [0.1, 0.15) is 0 Å². The smallest absolute Gasteiger partial charge is 0.314 e. The zero-order chi connectivity index (χ0) is 17.2. The fourth-order valence-electron chi connectivity index (χ4n) is 2.27. The van der Waals surface area contributed by atoms with E-state index in [1.54, 1.807) is 0 Å². The van der Waals surface area contributed by atoms with E-state index in [2.05, 4.69) is 46.7 Å². The van der Waals surface area contributed by atoms with E-state index in [1.165, 1.54) is 5.56 Å². The summed E-state index contributed by atoms with van der Waals surface area (Å²) in [6, 6.07) is 8.22. The van der Waals surface area contributed by atoms with Crippen molar-refractivity contribution < 1.29 is 14.7 Å². The number of nitrogens with one attached hydrogen (secondary N) is 2. The van der Waals surface area contributed by atoms with Crippen LogP contribution in [-0.2, 0) is 11.2 Å². The Morgan fingerprint density at radius 2 is 1.83 bits per heavy atom. The predicted octanol–water partition coefficient (Wildman–Crippen LogP) is 2.02. The number of carbonyl (C=O) groups excluding carboxylic acids is 1. The molecule has 0 saturated heterocycles. The molecule has 128 valence electrons. The third-order valence-corrected chi connectivity index (χ3v) is 3.71. The van der Waals surface area contributed by atoms with Crippen molar-refractivity contribution in [3.8, 4) is 0 Å². The van der Waals surface area contributed by atoms with Crippen LogP contribution in [0.15, 0.2) is 24.3 Å². The number of hydrogen-bond donors (Lipinski definition) is 3. The molecule has 0 heterocycles. The van der Waals surface area contributed by atoms with Crippen molar-refractivity contribution in [3.63, 3.8) is 0 Å². The van der Waals surface area contributed by atoms with Crippen LogP contribution in [0.1, 0.15) is 36.9 Å². The molecule has 0 spiro atoms. The Morgan fingerprint density at radius 3 is 2.35 bits per heavy atom. The molecule has 23 heavy (non-hydrogen) atoms. The van der Waals surface area contributed by atoms with Crippen LogP contribution in [0.2, 0.25) is 0 Å². The molecule has 0 bridgehead atoms. The van der Waals surface area contributed by atoms with E-state index in [1.807, 2.05) is 14.1 Å². The number of carbonyl (C=O) groups is 2. The maximum atomic E-state index is 11.8. The maximum absolute atomic E-state index is 11.8. The highest BCUT2D eigenvalue weighted by molar-refractivity contribution is 5.74. The highest BCUT2D eigenvalue weighted by atomic mass is 16.4. The van der Waals surface area contributed by atoms with Crippen LogP contribution in [0, 0.1) is 0 Å². The van der Waals surface area contributed by atoms with Gasteiger partial charge in [-0.2, -0.15) is 0 Å². The number of urea groups is 1. The molecule has 1 atom stereocenters. The number of aryl methyl sites for hydroxylation is 1. The molecular formula is C17H27N3O3. The second-order valence-corrected chi connectivity index (χ2v) is 5.71. The lowest BCUT2D eigenvalue weighted by Gasteiger charge is -2.25. The van der Waals surface area contributed by atoms with Crippen molar-refractivity contribution in [2.75, 3.05) is 27.2 Å². The van der Waals surface area contributed by atoms with Gasteiger partial charge in [0.05, 0.1) is 6.04 Å². The van der Waals surface area contributed by atoms with Gasteiger partial charge in [0.2, 0.25) is 0 Å². The van der Waals surface area contributed by atoms with Crippen LogP contribution in [-0.4, -0.2) is 49.2 Å². The molecule has 1 rings (SSSR count). The first-order valence-electron chi connectivity index (χ1n) is 7.92. The van der Waals surface area contributed by atoms with Gasteiger partial charge in [-0.05, 0) is 38.1 Å². The van der Waals surface area contributed by atoms with Gasteiger partial charge in [-0.1, -0.05) is 31.2 Å². The number of hydrogen-bond acceptors (Lipinski definition) is 3. The molecule has 0 aliphatic heterocycles. The molecule has 3 N–H and O–H groups in total. The molecular weight excluding hydrogens is 294 g/mol. The number of carboxylic acids is 1. The molecule has 0 aliphatic carbocycles. The first-order chi connectivity index (χ1) is 10.9. The summed E-state index contributed by atoms with van der Waals surface area (Å²) in [7, 11) is 3.95. The first-order valence-corrected chi connectivity index (χ1v) is 7.92. The SMILES string of the molecule is CCc1ccc(C(CNC(=O)NCCCC(=O)O)N(C)C)cc1. The van der Waals surface area contributed by atoms with Crippen molar-refractivity contribution in [2.24, 2.45) is 0 Å². The van der Waals surface area contributed by atoms with Crippen LogP contribution < -0.4 is 10.6 Å². The standard InChI is InChI=1S/C17H27N3O3/c1-4-13-7-9-14(10-8-13)15(20(2)3)12-19-17(23)18-11-5-6-16(21)22/h7-10,15H,4-6,11-12H2,1-3H3,(H,21,22)(H2,18,19,23). The van der Waals surface area contributed by atoms with Crippen molar-refractivity contribution in [1.29, 1.82) is 0 Å². The van der Waals surface area contributed by atoms with Gasteiger partial charge in [-0.15, -0.1) is 0 Å². The minimum atomic E-state index is -0.851. The molecule has 0 aromatic heterocycles. The Balaban J connectivity index is 2.46. The normalized spacial score (nSPS) is 12.0.